The largest absolute Gasteiger partial charge is 0.386 e. The van der Waals surface area contributed by atoms with Gasteiger partial charge in [-0.1, -0.05) is 22.4 Å². The topological polar surface area (TPSA) is 98.9 Å². The van der Waals surface area contributed by atoms with Gasteiger partial charge in [-0.05, 0) is 12.1 Å². The summed E-state index contributed by atoms with van der Waals surface area (Å²) in [4.78, 5) is 41.5. The number of aromatic nitrogens is 1. The maximum Gasteiger partial charge on any atom is 0.386 e. The van der Waals surface area contributed by atoms with Crippen molar-refractivity contribution in [2.45, 2.75) is 13.0 Å². The molecule has 4 rings (SSSR count). The molecule has 0 unspecified atom stereocenters. The van der Waals surface area contributed by atoms with Gasteiger partial charge in [0.1, 0.15) is 5.76 Å². The van der Waals surface area contributed by atoms with Gasteiger partial charge in [0.15, 0.2) is 5.69 Å². The summed E-state index contributed by atoms with van der Waals surface area (Å²) in [6.07, 6.45) is 0.503. The second-order valence-electron chi connectivity index (χ2n) is 5.06. The Balaban J connectivity index is 1.60. The molecule has 0 bridgehead atoms. The first-order chi connectivity index (χ1) is 11.2. The molecule has 3 heterocycles. The highest BCUT2D eigenvalue weighted by Crippen LogP contribution is 2.25. The van der Waals surface area contributed by atoms with Crippen LogP contribution < -0.4 is 0 Å². The van der Waals surface area contributed by atoms with E-state index in [2.05, 4.69) is 5.16 Å². The van der Waals surface area contributed by atoms with Gasteiger partial charge in [0.2, 0.25) is 0 Å². The molecule has 0 spiro atoms. The number of hydrogen-bond acceptors (Lipinski definition) is 7. The fourth-order valence-electron chi connectivity index (χ4n) is 2.56. The van der Waals surface area contributed by atoms with Crippen molar-refractivity contribution in [1.82, 2.24) is 10.2 Å². The molecule has 2 aliphatic heterocycles. The number of amides is 2. The molecule has 1 aromatic carbocycles. The number of fused-ring (bicyclic) bond motifs is 2. The van der Waals surface area contributed by atoms with Gasteiger partial charge in [0.05, 0.1) is 29.9 Å². The van der Waals surface area contributed by atoms with E-state index in [0.717, 1.165) is 0 Å². The van der Waals surface area contributed by atoms with Crippen LogP contribution in [0, 0.1) is 0 Å². The highest BCUT2D eigenvalue weighted by atomic mass is 16.7. The lowest BCUT2D eigenvalue weighted by molar-refractivity contribution is -0.0592. The SMILES string of the molecule is O=C(ON1C(=O)c2ccccc2C1=O)c1noc2c1COCC2. The smallest absolute Gasteiger partial charge is 0.376 e. The van der Waals surface area contributed by atoms with Crippen molar-refractivity contribution in [3.8, 4) is 0 Å². The average molecular weight is 314 g/mol. The number of benzene rings is 1. The zero-order chi connectivity index (χ0) is 16.0. The molecule has 0 saturated heterocycles. The zero-order valence-corrected chi connectivity index (χ0v) is 11.8. The highest BCUT2D eigenvalue weighted by Gasteiger charge is 2.40. The molecular formula is C15H10N2O6. The van der Waals surface area contributed by atoms with Crippen molar-refractivity contribution in [3.63, 3.8) is 0 Å². The van der Waals surface area contributed by atoms with Crippen molar-refractivity contribution >= 4 is 17.8 Å². The molecule has 0 aliphatic carbocycles. The Labute approximate surface area is 129 Å². The average Bonchev–Trinajstić information content (AvgIpc) is 3.11. The summed E-state index contributed by atoms with van der Waals surface area (Å²) in [6, 6.07) is 6.24. The minimum absolute atomic E-state index is 0.0868. The lowest BCUT2D eigenvalue weighted by Crippen LogP contribution is -2.33. The van der Waals surface area contributed by atoms with E-state index in [1.165, 1.54) is 12.1 Å². The number of rotatable bonds is 2. The van der Waals surface area contributed by atoms with E-state index in [-0.39, 0.29) is 23.4 Å². The van der Waals surface area contributed by atoms with E-state index in [0.29, 0.717) is 29.4 Å². The van der Waals surface area contributed by atoms with Crippen LogP contribution in [0.2, 0.25) is 0 Å². The number of hydroxylamine groups is 2. The molecule has 23 heavy (non-hydrogen) atoms. The van der Waals surface area contributed by atoms with Crippen LogP contribution in [0.4, 0.5) is 0 Å². The van der Waals surface area contributed by atoms with Crippen LogP contribution in [0.25, 0.3) is 0 Å². The summed E-state index contributed by atoms with van der Waals surface area (Å²) in [5.74, 6) is -1.76. The molecule has 0 saturated carbocycles. The maximum atomic E-state index is 12.2. The molecule has 116 valence electrons. The lowest BCUT2D eigenvalue weighted by Gasteiger charge is -2.13. The molecule has 2 aliphatic rings. The Hall–Kier alpha value is -3.00. The molecule has 0 atom stereocenters. The number of hydrogen-bond donors (Lipinski definition) is 0. The van der Waals surface area contributed by atoms with E-state index in [9.17, 15) is 14.4 Å². The van der Waals surface area contributed by atoms with E-state index in [4.69, 9.17) is 14.1 Å². The van der Waals surface area contributed by atoms with Gasteiger partial charge in [-0.15, -0.1) is 0 Å². The van der Waals surface area contributed by atoms with Crippen LogP contribution in [-0.2, 0) is 22.6 Å². The second kappa shape index (κ2) is 5.03. The summed E-state index contributed by atoms with van der Waals surface area (Å²) in [5, 5.41) is 4.10. The molecular weight excluding hydrogens is 304 g/mol. The standard InChI is InChI=1S/C15H10N2O6/c18-13-8-3-1-2-4-9(8)14(19)17(13)23-15(20)12-10-7-21-6-5-11(10)22-16-12/h1-4H,5-7H2. The van der Waals surface area contributed by atoms with Gasteiger partial charge in [0, 0.05) is 6.42 Å². The molecule has 8 heteroatoms. The molecule has 0 radical (unpaired) electrons. The summed E-state index contributed by atoms with van der Waals surface area (Å²) in [7, 11) is 0. The van der Waals surface area contributed by atoms with Crippen LogP contribution in [0.15, 0.2) is 28.8 Å². The first-order valence-electron chi connectivity index (χ1n) is 6.92. The van der Waals surface area contributed by atoms with Crippen LogP contribution in [0.3, 0.4) is 0 Å². The number of nitrogens with zero attached hydrogens (tertiary/aromatic N) is 2. The van der Waals surface area contributed by atoms with E-state index in [1.807, 2.05) is 0 Å². The minimum Gasteiger partial charge on any atom is -0.376 e. The zero-order valence-electron chi connectivity index (χ0n) is 11.8. The minimum atomic E-state index is -0.935. The number of carbonyl (C=O) groups is 3. The van der Waals surface area contributed by atoms with E-state index >= 15 is 0 Å². The second-order valence-corrected chi connectivity index (χ2v) is 5.06. The van der Waals surface area contributed by atoms with Gasteiger partial charge in [-0.25, -0.2) is 4.79 Å². The highest BCUT2D eigenvalue weighted by molar-refractivity contribution is 6.21. The molecule has 0 fully saturated rings. The molecule has 0 N–H and O–H groups in total. The molecule has 8 nitrogen and oxygen atoms in total. The number of ether oxygens (including phenoxy) is 1. The molecule has 2 amide bonds. The van der Waals surface area contributed by atoms with Crippen molar-refractivity contribution in [2.24, 2.45) is 0 Å². The third-order valence-electron chi connectivity index (χ3n) is 3.71. The van der Waals surface area contributed by atoms with Crippen LogP contribution >= 0.6 is 0 Å². The Morgan fingerprint density at radius 1 is 1.17 bits per heavy atom. The Bertz CT molecular complexity index is 805. The normalized spacial score (nSPS) is 16.3. The Morgan fingerprint density at radius 2 is 1.87 bits per heavy atom. The predicted octanol–water partition coefficient (Wildman–Crippen LogP) is 1.12. The molecule has 2 aromatic rings. The third kappa shape index (κ3) is 2.03. The summed E-state index contributed by atoms with van der Waals surface area (Å²) in [6.45, 7) is 0.653. The summed E-state index contributed by atoms with van der Waals surface area (Å²) >= 11 is 0. The predicted molar refractivity (Wildman–Crippen MR) is 72.2 cm³/mol. The first kappa shape index (κ1) is 13.6. The van der Waals surface area contributed by atoms with Gasteiger partial charge in [-0.2, -0.15) is 0 Å². The van der Waals surface area contributed by atoms with Crippen molar-refractivity contribution in [3.05, 3.63) is 52.4 Å². The summed E-state index contributed by atoms with van der Waals surface area (Å²) in [5.41, 5.74) is 0.778. The number of imide groups is 1. The molecule has 1 aromatic heterocycles. The van der Waals surface area contributed by atoms with E-state index < -0.39 is 17.8 Å². The van der Waals surface area contributed by atoms with Gasteiger partial charge >= 0.3 is 5.97 Å². The first-order valence-corrected chi connectivity index (χ1v) is 6.92. The Morgan fingerprint density at radius 3 is 2.57 bits per heavy atom. The van der Waals surface area contributed by atoms with E-state index in [1.54, 1.807) is 12.1 Å². The fourth-order valence-corrected chi connectivity index (χ4v) is 2.56. The monoisotopic (exact) mass is 314 g/mol. The van der Waals surface area contributed by atoms with Gasteiger partial charge in [0.25, 0.3) is 11.8 Å². The third-order valence-corrected chi connectivity index (χ3v) is 3.71. The Kier molecular flexibility index (Phi) is 2.98. The lowest BCUT2D eigenvalue weighted by atomic mass is 10.1. The van der Waals surface area contributed by atoms with Crippen LogP contribution in [-0.4, -0.2) is 34.6 Å². The van der Waals surface area contributed by atoms with Crippen LogP contribution in [0.1, 0.15) is 42.5 Å². The van der Waals surface area contributed by atoms with Crippen molar-refractivity contribution in [2.75, 3.05) is 6.61 Å². The quantitative estimate of drug-likeness (QED) is 0.766. The van der Waals surface area contributed by atoms with Gasteiger partial charge in [-0.3, -0.25) is 9.59 Å². The summed E-state index contributed by atoms with van der Waals surface area (Å²) < 4.78 is 10.3. The number of carbonyl (C=O) groups excluding carboxylic acids is 3. The maximum absolute atomic E-state index is 12.2. The van der Waals surface area contributed by atoms with Crippen molar-refractivity contribution < 1.29 is 28.5 Å². The fraction of sp³-hybridized carbons (Fsp3) is 0.200. The van der Waals surface area contributed by atoms with Crippen molar-refractivity contribution in [1.29, 1.82) is 0 Å². The van der Waals surface area contributed by atoms with Crippen LogP contribution in [0.5, 0.6) is 0 Å². The van der Waals surface area contributed by atoms with Gasteiger partial charge < -0.3 is 14.1 Å².